The van der Waals surface area contributed by atoms with E-state index in [2.05, 4.69) is 17.4 Å². The highest BCUT2D eigenvalue weighted by molar-refractivity contribution is 5.57. The van der Waals surface area contributed by atoms with Crippen LogP contribution in [0.4, 0.5) is 0 Å². The number of hydrogen-bond acceptors (Lipinski definition) is 3. The molecule has 0 amide bonds. The lowest BCUT2D eigenvalue weighted by molar-refractivity contribution is -0.0101. The molecule has 0 aromatic carbocycles. The van der Waals surface area contributed by atoms with Crippen molar-refractivity contribution in [3.05, 3.63) is 0 Å². The Labute approximate surface area is 75.2 Å². The van der Waals surface area contributed by atoms with Crippen LogP contribution in [0.5, 0.6) is 0 Å². The maximum atomic E-state index is 5.20. The van der Waals surface area contributed by atoms with Crippen molar-refractivity contribution in [3.8, 4) is 0 Å². The highest BCUT2D eigenvalue weighted by Crippen LogP contribution is 1.97. The van der Waals surface area contributed by atoms with E-state index >= 15 is 0 Å². The van der Waals surface area contributed by atoms with Gasteiger partial charge in [0, 0.05) is 13.6 Å². The van der Waals surface area contributed by atoms with Crippen molar-refractivity contribution in [2.45, 2.75) is 33.3 Å². The summed E-state index contributed by atoms with van der Waals surface area (Å²) in [5, 5.41) is 0. The van der Waals surface area contributed by atoms with E-state index in [0.717, 1.165) is 13.0 Å². The molecule has 0 aromatic rings. The zero-order chi connectivity index (χ0) is 9.40. The van der Waals surface area contributed by atoms with Crippen molar-refractivity contribution in [2.24, 2.45) is 10.9 Å². The molecule has 0 fully saturated rings. The fourth-order valence-electron chi connectivity index (χ4n) is 0.726. The third kappa shape index (κ3) is 7.69. The van der Waals surface area contributed by atoms with Crippen LogP contribution in [0, 0.1) is 5.92 Å². The molecule has 0 saturated carbocycles. The Balaban J connectivity index is 3.25. The molecule has 0 aliphatic heterocycles. The summed E-state index contributed by atoms with van der Waals surface area (Å²) < 4.78 is 0. The first-order chi connectivity index (χ1) is 5.66. The molecule has 0 bridgehead atoms. The van der Waals surface area contributed by atoms with Crippen molar-refractivity contribution < 1.29 is 4.84 Å². The highest BCUT2D eigenvalue weighted by Gasteiger charge is 1.99. The van der Waals surface area contributed by atoms with Crippen LogP contribution < -0.4 is 5.48 Å². The minimum Gasteiger partial charge on any atom is -0.301 e. The summed E-state index contributed by atoms with van der Waals surface area (Å²) in [6, 6.07) is 0. The van der Waals surface area contributed by atoms with Crippen LogP contribution in [0.15, 0.2) is 4.99 Å². The smallest absolute Gasteiger partial charge is 0.0734 e. The molecule has 0 saturated heterocycles. The van der Waals surface area contributed by atoms with Crippen LogP contribution in [0.1, 0.15) is 27.2 Å². The second-order valence-electron chi connectivity index (χ2n) is 3.30. The molecule has 72 valence electrons. The predicted molar refractivity (Wildman–Crippen MR) is 52.4 cm³/mol. The summed E-state index contributed by atoms with van der Waals surface area (Å²) in [6.45, 7) is 7.05. The fourth-order valence-corrected chi connectivity index (χ4v) is 0.726. The van der Waals surface area contributed by atoms with Gasteiger partial charge < -0.3 is 4.99 Å². The SMILES string of the molecule is CN=CCC(C)CNOC(C)C. The predicted octanol–water partition coefficient (Wildman–Crippen LogP) is 1.64. The van der Waals surface area contributed by atoms with Gasteiger partial charge in [0.15, 0.2) is 0 Å². The number of hydroxylamine groups is 1. The van der Waals surface area contributed by atoms with Crippen molar-refractivity contribution in [3.63, 3.8) is 0 Å². The largest absolute Gasteiger partial charge is 0.301 e. The van der Waals surface area contributed by atoms with E-state index in [0.29, 0.717) is 5.92 Å². The van der Waals surface area contributed by atoms with Gasteiger partial charge in [0.25, 0.3) is 0 Å². The lowest BCUT2D eigenvalue weighted by Crippen LogP contribution is -2.25. The maximum Gasteiger partial charge on any atom is 0.0734 e. The van der Waals surface area contributed by atoms with Gasteiger partial charge in [-0.1, -0.05) is 6.92 Å². The second kappa shape index (κ2) is 7.25. The van der Waals surface area contributed by atoms with E-state index in [4.69, 9.17) is 4.84 Å². The van der Waals surface area contributed by atoms with Crippen LogP contribution in [0.2, 0.25) is 0 Å². The molecule has 3 nitrogen and oxygen atoms in total. The quantitative estimate of drug-likeness (QED) is 0.488. The molecule has 1 unspecified atom stereocenters. The summed E-state index contributed by atoms with van der Waals surface area (Å²) in [6.07, 6.45) is 3.18. The number of hydrogen-bond donors (Lipinski definition) is 1. The zero-order valence-electron chi connectivity index (χ0n) is 8.50. The zero-order valence-corrected chi connectivity index (χ0v) is 8.50. The Kier molecular flexibility index (Phi) is 7.00. The molecule has 1 N–H and O–H groups in total. The van der Waals surface area contributed by atoms with Crippen molar-refractivity contribution in [1.29, 1.82) is 0 Å². The van der Waals surface area contributed by atoms with E-state index in [1.54, 1.807) is 7.05 Å². The van der Waals surface area contributed by atoms with Gasteiger partial charge in [0.1, 0.15) is 0 Å². The molecule has 12 heavy (non-hydrogen) atoms. The average Bonchev–Trinajstić information content (AvgIpc) is 2.00. The number of aliphatic imine (C=N–C) groups is 1. The van der Waals surface area contributed by atoms with Crippen molar-refractivity contribution in [1.82, 2.24) is 5.48 Å². The van der Waals surface area contributed by atoms with Crippen LogP contribution >= 0.6 is 0 Å². The molecular formula is C9H20N2O. The van der Waals surface area contributed by atoms with E-state index < -0.39 is 0 Å². The van der Waals surface area contributed by atoms with Gasteiger partial charge in [-0.25, -0.2) is 5.48 Å². The van der Waals surface area contributed by atoms with Gasteiger partial charge in [-0.15, -0.1) is 0 Å². The van der Waals surface area contributed by atoms with Crippen molar-refractivity contribution in [2.75, 3.05) is 13.6 Å². The second-order valence-corrected chi connectivity index (χ2v) is 3.30. The molecule has 0 radical (unpaired) electrons. The Bertz CT molecular complexity index is 124. The van der Waals surface area contributed by atoms with Gasteiger partial charge in [0.2, 0.25) is 0 Å². The Morgan fingerprint density at radius 1 is 1.42 bits per heavy atom. The lowest BCUT2D eigenvalue weighted by Gasteiger charge is -2.12. The van der Waals surface area contributed by atoms with E-state index in [9.17, 15) is 0 Å². The van der Waals surface area contributed by atoms with Gasteiger partial charge in [-0.2, -0.15) is 0 Å². The summed E-state index contributed by atoms with van der Waals surface area (Å²) >= 11 is 0. The lowest BCUT2D eigenvalue weighted by atomic mass is 10.1. The molecule has 3 heteroatoms. The monoisotopic (exact) mass is 172 g/mol. The normalized spacial score (nSPS) is 14.4. The Morgan fingerprint density at radius 3 is 2.58 bits per heavy atom. The summed E-state index contributed by atoms with van der Waals surface area (Å²) in [4.78, 5) is 9.12. The van der Waals surface area contributed by atoms with E-state index in [-0.39, 0.29) is 6.10 Å². The standard InChI is InChI=1S/C9H20N2O/c1-8(2)12-11-7-9(3)5-6-10-4/h6,8-9,11H,5,7H2,1-4H3. The first-order valence-corrected chi connectivity index (χ1v) is 4.46. The summed E-state index contributed by atoms with van der Waals surface area (Å²) in [7, 11) is 1.80. The molecular weight excluding hydrogens is 152 g/mol. The topological polar surface area (TPSA) is 33.6 Å². The highest BCUT2D eigenvalue weighted by atomic mass is 16.7. The molecule has 0 heterocycles. The third-order valence-electron chi connectivity index (χ3n) is 1.44. The minimum atomic E-state index is 0.247. The molecule has 0 spiro atoms. The van der Waals surface area contributed by atoms with Crippen LogP contribution in [0.3, 0.4) is 0 Å². The summed E-state index contributed by atoms with van der Waals surface area (Å²) in [5.41, 5.74) is 2.93. The van der Waals surface area contributed by atoms with Gasteiger partial charge in [0.05, 0.1) is 6.10 Å². The maximum absolute atomic E-state index is 5.20. The number of nitrogens with one attached hydrogen (secondary N) is 1. The van der Waals surface area contributed by atoms with Crippen LogP contribution in [-0.4, -0.2) is 25.9 Å². The van der Waals surface area contributed by atoms with Crippen LogP contribution in [-0.2, 0) is 4.84 Å². The van der Waals surface area contributed by atoms with E-state index in [1.165, 1.54) is 0 Å². The number of nitrogens with zero attached hydrogens (tertiary/aromatic N) is 1. The van der Waals surface area contributed by atoms with Crippen LogP contribution in [0.25, 0.3) is 0 Å². The molecule has 0 aliphatic rings. The van der Waals surface area contributed by atoms with Gasteiger partial charge >= 0.3 is 0 Å². The third-order valence-corrected chi connectivity index (χ3v) is 1.44. The molecule has 1 atom stereocenters. The Morgan fingerprint density at radius 2 is 2.08 bits per heavy atom. The molecule has 0 aromatic heterocycles. The van der Waals surface area contributed by atoms with E-state index in [1.807, 2.05) is 20.1 Å². The fraction of sp³-hybridized carbons (Fsp3) is 0.889. The van der Waals surface area contributed by atoms with Gasteiger partial charge in [-0.05, 0) is 32.4 Å². The summed E-state index contributed by atoms with van der Waals surface area (Å²) in [5.74, 6) is 0.576. The average molecular weight is 172 g/mol. The minimum absolute atomic E-state index is 0.247. The first kappa shape index (κ1) is 11.6. The number of rotatable bonds is 6. The molecule has 0 aliphatic carbocycles. The molecule has 0 rings (SSSR count). The first-order valence-electron chi connectivity index (χ1n) is 4.46. The Hall–Kier alpha value is -0.410. The van der Waals surface area contributed by atoms with Gasteiger partial charge in [-0.3, -0.25) is 4.84 Å². The van der Waals surface area contributed by atoms with Crippen molar-refractivity contribution >= 4 is 6.21 Å².